The third kappa shape index (κ3) is 4.65. The monoisotopic (exact) mass is 553 g/mol. The number of aromatic carboxylic acids is 1. The maximum Gasteiger partial charge on any atom is 0.417 e. The average Bonchev–Trinajstić information content (AvgIpc) is 3.66. The van der Waals surface area contributed by atoms with Gasteiger partial charge in [-0.3, -0.25) is 0 Å². The Balaban J connectivity index is 1.26. The van der Waals surface area contributed by atoms with Gasteiger partial charge < -0.3 is 19.3 Å². The van der Waals surface area contributed by atoms with Gasteiger partial charge in [0, 0.05) is 53.2 Å². The van der Waals surface area contributed by atoms with Gasteiger partial charge in [0.1, 0.15) is 22.7 Å². The van der Waals surface area contributed by atoms with Crippen LogP contribution in [0.2, 0.25) is 0 Å². The molecule has 1 saturated heterocycles. The van der Waals surface area contributed by atoms with Crippen molar-refractivity contribution in [2.75, 3.05) is 25.1 Å². The summed E-state index contributed by atoms with van der Waals surface area (Å²) in [5.41, 5.74) is 0.0976. The van der Waals surface area contributed by atoms with Crippen LogP contribution in [0.4, 0.5) is 23.2 Å². The topological polar surface area (TPSA) is 88.7 Å². The van der Waals surface area contributed by atoms with Crippen LogP contribution in [-0.4, -0.2) is 41.4 Å². The zero-order valence-electron chi connectivity index (χ0n) is 21.2. The normalized spacial score (nSPS) is 16.1. The van der Waals surface area contributed by atoms with Crippen LogP contribution >= 0.6 is 0 Å². The molecule has 2 aromatic carbocycles. The number of hydrogen-bond donors (Lipinski definition) is 1. The first-order chi connectivity index (χ1) is 19.1. The highest BCUT2D eigenvalue weighted by Gasteiger charge is 2.37. The molecular weight excluding hydrogens is 530 g/mol. The second-order valence-electron chi connectivity index (χ2n) is 9.99. The molecule has 6 rings (SSSR count). The first kappa shape index (κ1) is 25.8. The molecule has 1 aliphatic heterocycles. The maximum atomic E-state index is 15.0. The summed E-state index contributed by atoms with van der Waals surface area (Å²) in [6.07, 6.45) is 0.970. The van der Waals surface area contributed by atoms with Crippen LogP contribution in [0.25, 0.3) is 28.2 Å². The van der Waals surface area contributed by atoms with Crippen LogP contribution in [-0.2, 0) is 6.18 Å². The number of carboxylic acid groups (broad SMARTS) is 1. The van der Waals surface area contributed by atoms with Gasteiger partial charge in [-0.15, -0.1) is 0 Å². The second kappa shape index (κ2) is 9.65. The summed E-state index contributed by atoms with van der Waals surface area (Å²) < 4.78 is 66.9. The van der Waals surface area contributed by atoms with E-state index in [2.05, 4.69) is 10.1 Å². The minimum atomic E-state index is -4.53. The van der Waals surface area contributed by atoms with Crippen LogP contribution in [0, 0.1) is 11.7 Å². The number of ether oxygens (including phenoxy) is 1. The number of alkyl halides is 3. The number of aromatic nitrogens is 2. The van der Waals surface area contributed by atoms with E-state index in [1.54, 1.807) is 18.2 Å². The molecule has 1 aliphatic carbocycles. The summed E-state index contributed by atoms with van der Waals surface area (Å²) in [7, 11) is 1.37. The molecule has 40 heavy (non-hydrogen) atoms. The molecule has 0 unspecified atom stereocenters. The number of anilines is 1. The van der Waals surface area contributed by atoms with Crippen LogP contribution in [0.5, 0.6) is 5.75 Å². The van der Waals surface area contributed by atoms with Crippen molar-refractivity contribution in [2.45, 2.75) is 24.9 Å². The largest absolute Gasteiger partial charge is 0.496 e. The van der Waals surface area contributed by atoms with Gasteiger partial charge in [-0.1, -0.05) is 35.5 Å². The van der Waals surface area contributed by atoms with Crippen molar-refractivity contribution in [1.82, 2.24) is 10.1 Å². The number of carboxylic acids is 1. The lowest BCUT2D eigenvalue weighted by Crippen LogP contribution is -2.45. The lowest BCUT2D eigenvalue weighted by molar-refractivity contribution is -0.137. The number of carbonyl (C=O) groups is 1. The van der Waals surface area contributed by atoms with Crippen molar-refractivity contribution in [1.29, 1.82) is 0 Å². The molecule has 2 fully saturated rings. The summed E-state index contributed by atoms with van der Waals surface area (Å²) in [6.45, 7) is 1.09. The fraction of sp³-hybridized carbons (Fsp3) is 0.276. The van der Waals surface area contributed by atoms with E-state index in [0.29, 0.717) is 35.5 Å². The van der Waals surface area contributed by atoms with Gasteiger partial charge in [0.05, 0.1) is 12.7 Å². The molecule has 2 aromatic heterocycles. The summed E-state index contributed by atoms with van der Waals surface area (Å²) >= 11 is 0. The van der Waals surface area contributed by atoms with Crippen molar-refractivity contribution in [3.05, 3.63) is 76.9 Å². The van der Waals surface area contributed by atoms with Gasteiger partial charge in [0.2, 0.25) is 0 Å². The minimum absolute atomic E-state index is 0.0270. The molecule has 3 heterocycles. The van der Waals surface area contributed by atoms with E-state index in [0.717, 1.165) is 18.9 Å². The van der Waals surface area contributed by atoms with E-state index < -0.39 is 23.5 Å². The van der Waals surface area contributed by atoms with Crippen molar-refractivity contribution >= 4 is 28.6 Å². The molecule has 2 aliphatic rings. The molecular formula is C29H23F4N3O4. The predicted molar refractivity (Wildman–Crippen MR) is 139 cm³/mol. The van der Waals surface area contributed by atoms with E-state index >= 15 is 0 Å². The lowest BCUT2D eigenvalue weighted by atomic mass is 9.94. The number of benzene rings is 2. The number of methoxy groups -OCH3 is 1. The number of halogens is 4. The van der Waals surface area contributed by atoms with Gasteiger partial charge in [0.25, 0.3) is 0 Å². The summed E-state index contributed by atoms with van der Waals surface area (Å²) in [6, 6.07) is 9.58. The third-order valence-electron chi connectivity index (χ3n) is 7.25. The number of pyridine rings is 1. The Hall–Kier alpha value is -4.41. The Morgan fingerprint density at radius 1 is 1.18 bits per heavy atom. The van der Waals surface area contributed by atoms with Gasteiger partial charge >= 0.3 is 12.1 Å². The Labute approximate surface area is 225 Å². The first-order valence-electron chi connectivity index (χ1n) is 12.6. The number of fused-ring (bicyclic) bond motifs is 1. The smallest absolute Gasteiger partial charge is 0.417 e. The fourth-order valence-corrected chi connectivity index (χ4v) is 5.02. The first-order valence-corrected chi connectivity index (χ1v) is 12.6. The van der Waals surface area contributed by atoms with E-state index in [-0.39, 0.29) is 40.1 Å². The number of rotatable bonds is 7. The predicted octanol–water partition coefficient (Wildman–Crippen LogP) is 6.78. The van der Waals surface area contributed by atoms with E-state index in [1.807, 2.05) is 11.0 Å². The Morgan fingerprint density at radius 2 is 1.93 bits per heavy atom. The minimum Gasteiger partial charge on any atom is -0.496 e. The molecule has 1 N–H and O–H groups in total. The molecule has 206 valence electrons. The fourth-order valence-electron chi connectivity index (χ4n) is 5.02. The molecule has 0 spiro atoms. The number of nitrogens with zero attached hydrogens (tertiary/aromatic N) is 3. The molecule has 7 nitrogen and oxygen atoms in total. The molecule has 0 amide bonds. The van der Waals surface area contributed by atoms with Gasteiger partial charge in [-0.05, 0) is 31.0 Å². The molecule has 11 heteroatoms. The van der Waals surface area contributed by atoms with Crippen LogP contribution < -0.4 is 9.64 Å². The van der Waals surface area contributed by atoms with Crippen LogP contribution in [0.3, 0.4) is 0 Å². The highest BCUT2D eigenvalue weighted by Crippen LogP contribution is 2.46. The molecule has 0 atom stereocenters. The third-order valence-corrected chi connectivity index (χ3v) is 7.25. The van der Waals surface area contributed by atoms with E-state index in [9.17, 15) is 27.5 Å². The Morgan fingerprint density at radius 3 is 2.60 bits per heavy atom. The lowest BCUT2D eigenvalue weighted by Gasteiger charge is -2.40. The van der Waals surface area contributed by atoms with E-state index in [4.69, 9.17) is 9.26 Å². The van der Waals surface area contributed by atoms with Crippen molar-refractivity contribution in [3.8, 4) is 17.0 Å². The SMILES string of the molecule is COc1cc(C(=O)O)nc2c(F)cc(N3CC(C=Cc4c(-c5ccccc5C(F)(F)F)noc4C4CC4)C3)cc12. The standard InChI is InChI=1S/C29H23F4N3O4/c1-39-24-12-23(28(37)38)34-26-20(24)10-17(11-22(26)30)36-13-15(14-36)6-9-19-25(35-40-27(19)16-7-8-16)18-4-2-3-5-21(18)29(31,32)33/h2-6,9-12,15-16H,7-8,13-14H2,1H3,(H,37,38). The Bertz CT molecular complexity index is 1650. The highest BCUT2D eigenvalue weighted by atomic mass is 19.4. The summed E-state index contributed by atoms with van der Waals surface area (Å²) in [5.74, 6) is -0.963. The van der Waals surface area contributed by atoms with Crippen molar-refractivity contribution in [3.63, 3.8) is 0 Å². The highest BCUT2D eigenvalue weighted by molar-refractivity contribution is 5.95. The number of hydrogen-bond acceptors (Lipinski definition) is 6. The zero-order chi connectivity index (χ0) is 28.2. The molecule has 0 bridgehead atoms. The quantitative estimate of drug-likeness (QED) is 0.252. The molecule has 0 radical (unpaired) electrons. The Kier molecular flexibility index (Phi) is 6.24. The van der Waals surface area contributed by atoms with Gasteiger partial charge in [-0.25, -0.2) is 14.2 Å². The second-order valence-corrected chi connectivity index (χ2v) is 9.99. The van der Waals surface area contributed by atoms with E-state index in [1.165, 1.54) is 31.4 Å². The van der Waals surface area contributed by atoms with Crippen LogP contribution in [0.15, 0.2) is 53.1 Å². The van der Waals surface area contributed by atoms with Gasteiger partial charge in [0.15, 0.2) is 11.5 Å². The maximum absolute atomic E-state index is 15.0. The van der Waals surface area contributed by atoms with Crippen LogP contribution in [0.1, 0.15) is 46.1 Å². The van der Waals surface area contributed by atoms with Crippen molar-refractivity contribution in [2.24, 2.45) is 5.92 Å². The average molecular weight is 554 g/mol. The summed E-state index contributed by atoms with van der Waals surface area (Å²) in [4.78, 5) is 17.2. The summed E-state index contributed by atoms with van der Waals surface area (Å²) in [5, 5.41) is 13.7. The molecule has 1 saturated carbocycles. The zero-order valence-corrected chi connectivity index (χ0v) is 21.2. The molecule has 4 aromatic rings. The van der Waals surface area contributed by atoms with Crippen molar-refractivity contribution < 1.29 is 36.7 Å². The van der Waals surface area contributed by atoms with Gasteiger partial charge in [-0.2, -0.15) is 13.2 Å².